The zero-order valence-electron chi connectivity index (χ0n) is 10.4. The van der Waals surface area contributed by atoms with E-state index in [-0.39, 0.29) is 11.9 Å². The Morgan fingerprint density at radius 3 is 2.88 bits per heavy atom. The van der Waals surface area contributed by atoms with Crippen molar-refractivity contribution >= 4 is 5.91 Å². The molecule has 17 heavy (non-hydrogen) atoms. The van der Waals surface area contributed by atoms with Crippen molar-refractivity contribution < 1.29 is 4.79 Å². The zero-order chi connectivity index (χ0) is 12.4. The Morgan fingerprint density at radius 1 is 1.59 bits per heavy atom. The summed E-state index contributed by atoms with van der Waals surface area (Å²) in [5, 5.41) is 0. The molecule has 0 aromatic carbocycles. The Hall–Kier alpha value is -1.42. The van der Waals surface area contributed by atoms with E-state index in [1.54, 1.807) is 6.20 Å². The molecule has 1 fully saturated rings. The minimum absolute atomic E-state index is 0.0700. The first-order valence-corrected chi connectivity index (χ1v) is 6.05. The molecule has 0 spiro atoms. The van der Waals surface area contributed by atoms with Crippen LogP contribution in [-0.4, -0.2) is 34.9 Å². The number of carbonyl (C=O) groups is 1. The maximum Gasteiger partial charge on any atom is 0.255 e. The van der Waals surface area contributed by atoms with Crippen molar-refractivity contribution in [2.45, 2.75) is 26.3 Å². The van der Waals surface area contributed by atoms with Gasteiger partial charge in [-0.25, -0.2) is 0 Å². The molecule has 1 saturated heterocycles. The second kappa shape index (κ2) is 4.84. The highest BCUT2D eigenvalue weighted by Gasteiger charge is 2.28. The maximum atomic E-state index is 12.2. The molecule has 4 heteroatoms. The van der Waals surface area contributed by atoms with Crippen molar-refractivity contribution in [2.24, 2.45) is 11.7 Å². The van der Waals surface area contributed by atoms with Gasteiger partial charge in [-0.05, 0) is 38.3 Å². The molecule has 2 atom stereocenters. The lowest BCUT2D eigenvalue weighted by Crippen LogP contribution is -2.33. The average molecular weight is 233 g/mol. The molecule has 0 aliphatic carbocycles. The fourth-order valence-corrected chi connectivity index (χ4v) is 2.18. The second-order valence-corrected chi connectivity index (χ2v) is 4.85. The summed E-state index contributed by atoms with van der Waals surface area (Å²) in [6, 6.07) is 3.86. The summed E-state index contributed by atoms with van der Waals surface area (Å²) in [5.74, 6) is 0.498. The molecule has 1 amide bonds. The van der Waals surface area contributed by atoms with E-state index in [4.69, 9.17) is 5.73 Å². The van der Waals surface area contributed by atoms with E-state index in [0.29, 0.717) is 11.5 Å². The van der Waals surface area contributed by atoms with E-state index in [1.165, 1.54) is 0 Å². The first kappa shape index (κ1) is 12.0. The van der Waals surface area contributed by atoms with Crippen LogP contribution in [0.2, 0.25) is 0 Å². The summed E-state index contributed by atoms with van der Waals surface area (Å²) in [6.07, 6.45) is 2.65. The third-order valence-electron chi connectivity index (χ3n) is 3.41. The third-order valence-corrected chi connectivity index (χ3v) is 3.41. The highest BCUT2D eigenvalue weighted by Crippen LogP contribution is 2.20. The van der Waals surface area contributed by atoms with Crippen LogP contribution in [0.15, 0.2) is 18.3 Å². The molecule has 1 aromatic heterocycles. The predicted octanol–water partition coefficient (Wildman–Crippen LogP) is 1.20. The maximum absolute atomic E-state index is 12.2. The minimum atomic E-state index is 0.0700. The molecule has 0 saturated carbocycles. The van der Waals surface area contributed by atoms with E-state index in [2.05, 4.69) is 4.98 Å². The van der Waals surface area contributed by atoms with E-state index < -0.39 is 0 Å². The molecule has 2 unspecified atom stereocenters. The van der Waals surface area contributed by atoms with Crippen LogP contribution >= 0.6 is 0 Å². The molecular formula is C13H19N3O. The van der Waals surface area contributed by atoms with E-state index in [0.717, 1.165) is 25.2 Å². The first-order valence-electron chi connectivity index (χ1n) is 6.05. The third kappa shape index (κ3) is 2.64. The Bertz CT molecular complexity index is 400. The van der Waals surface area contributed by atoms with Gasteiger partial charge >= 0.3 is 0 Å². The number of nitrogens with zero attached hydrogens (tertiary/aromatic N) is 2. The number of aromatic nitrogens is 1. The lowest BCUT2D eigenvalue weighted by atomic mass is 10.0. The fraction of sp³-hybridized carbons (Fsp3) is 0.538. The van der Waals surface area contributed by atoms with Crippen molar-refractivity contribution in [3.63, 3.8) is 0 Å². The first-order chi connectivity index (χ1) is 8.08. The summed E-state index contributed by atoms with van der Waals surface area (Å²) in [5.41, 5.74) is 7.46. The molecule has 1 aromatic rings. The van der Waals surface area contributed by atoms with E-state index >= 15 is 0 Å². The Labute approximate surface area is 102 Å². The number of pyridine rings is 1. The monoisotopic (exact) mass is 233 g/mol. The molecule has 92 valence electrons. The van der Waals surface area contributed by atoms with Crippen LogP contribution in [0, 0.1) is 12.8 Å². The Kier molecular flexibility index (Phi) is 3.43. The number of nitrogens with two attached hydrogens (primary N) is 1. The fourth-order valence-electron chi connectivity index (χ4n) is 2.18. The smallest absolute Gasteiger partial charge is 0.255 e. The number of aryl methyl sites for hydroxylation is 1. The van der Waals surface area contributed by atoms with Crippen LogP contribution in [0.4, 0.5) is 0 Å². The molecule has 2 N–H and O–H groups in total. The van der Waals surface area contributed by atoms with Crippen molar-refractivity contribution in [1.29, 1.82) is 0 Å². The highest BCUT2D eigenvalue weighted by atomic mass is 16.2. The summed E-state index contributed by atoms with van der Waals surface area (Å²) in [4.78, 5) is 18.2. The number of amides is 1. The molecule has 1 aliphatic heterocycles. The van der Waals surface area contributed by atoms with Crippen LogP contribution in [-0.2, 0) is 0 Å². The van der Waals surface area contributed by atoms with Crippen LogP contribution in [0.1, 0.15) is 29.4 Å². The molecular weight excluding hydrogens is 214 g/mol. The standard InChI is InChI=1S/C13H19N3O/c1-9-3-4-11(7-15-9)13(17)16-6-5-12(8-16)10(2)14/h3-4,7,10,12H,5-6,8,14H2,1-2H3. The SMILES string of the molecule is Cc1ccc(C(=O)N2CCC(C(C)N)C2)cn1. The predicted molar refractivity (Wildman–Crippen MR) is 66.6 cm³/mol. The molecule has 0 bridgehead atoms. The van der Waals surface area contributed by atoms with E-state index in [1.807, 2.05) is 30.9 Å². The molecule has 2 heterocycles. The topological polar surface area (TPSA) is 59.2 Å². The zero-order valence-corrected chi connectivity index (χ0v) is 10.4. The molecule has 0 radical (unpaired) electrons. The van der Waals surface area contributed by atoms with Crippen molar-refractivity contribution in [1.82, 2.24) is 9.88 Å². The van der Waals surface area contributed by atoms with Gasteiger partial charge in [0.25, 0.3) is 5.91 Å². The molecule has 1 aliphatic rings. The quantitative estimate of drug-likeness (QED) is 0.835. The average Bonchev–Trinajstić information content (AvgIpc) is 2.78. The Morgan fingerprint density at radius 2 is 2.35 bits per heavy atom. The largest absolute Gasteiger partial charge is 0.338 e. The van der Waals surface area contributed by atoms with Crippen LogP contribution in [0.3, 0.4) is 0 Å². The van der Waals surface area contributed by atoms with E-state index in [9.17, 15) is 4.79 Å². The number of likely N-dealkylation sites (tertiary alicyclic amines) is 1. The van der Waals surface area contributed by atoms with Gasteiger partial charge in [0.2, 0.25) is 0 Å². The van der Waals surface area contributed by atoms with Gasteiger partial charge in [0.15, 0.2) is 0 Å². The van der Waals surface area contributed by atoms with Gasteiger partial charge in [-0.15, -0.1) is 0 Å². The number of hydrogen-bond donors (Lipinski definition) is 1. The van der Waals surface area contributed by atoms with Gasteiger partial charge < -0.3 is 10.6 Å². The van der Waals surface area contributed by atoms with Crippen LogP contribution in [0.25, 0.3) is 0 Å². The summed E-state index contributed by atoms with van der Waals surface area (Å²) in [6.45, 7) is 5.49. The van der Waals surface area contributed by atoms with Crippen molar-refractivity contribution in [3.05, 3.63) is 29.6 Å². The number of rotatable bonds is 2. The summed E-state index contributed by atoms with van der Waals surface area (Å²) < 4.78 is 0. The van der Waals surface area contributed by atoms with Gasteiger partial charge in [0.05, 0.1) is 5.56 Å². The lowest BCUT2D eigenvalue weighted by molar-refractivity contribution is 0.0785. The van der Waals surface area contributed by atoms with Gasteiger partial charge in [-0.1, -0.05) is 0 Å². The van der Waals surface area contributed by atoms with Crippen LogP contribution in [0.5, 0.6) is 0 Å². The van der Waals surface area contributed by atoms with Crippen molar-refractivity contribution in [2.75, 3.05) is 13.1 Å². The lowest BCUT2D eigenvalue weighted by Gasteiger charge is -2.18. The molecule has 2 rings (SSSR count). The Balaban J connectivity index is 2.04. The van der Waals surface area contributed by atoms with Gasteiger partial charge in [0, 0.05) is 31.0 Å². The number of hydrogen-bond acceptors (Lipinski definition) is 3. The van der Waals surface area contributed by atoms with Crippen LogP contribution < -0.4 is 5.73 Å². The normalized spacial score (nSPS) is 21.6. The van der Waals surface area contributed by atoms with Gasteiger partial charge in [0.1, 0.15) is 0 Å². The summed E-state index contributed by atoms with van der Waals surface area (Å²) >= 11 is 0. The highest BCUT2D eigenvalue weighted by molar-refractivity contribution is 5.94. The minimum Gasteiger partial charge on any atom is -0.338 e. The van der Waals surface area contributed by atoms with Gasteiger partial charge in [-0.2, -0.15) is 0 Å². The molecule has 4 nitrogen and oxygen atoms in total. The second-order valence-electron chi connectivity index (χ2n) is 4.85. The summed E-state index contributed by atoms with van der Waals surface area (Å²) in [7, 11) is 0. The van der Waals surface area contributed by atoms with Crippen molar-refractivity contribution in [3.8, 4) is 0 Å². The van der Waals surface area contributed by atoms with Gasteiger partial charge in [-0.3, -0.25) is 9.78 Å². The number of carbonyl (C=O) groups excluding carboxylic acids is 1.